The molecule has 0 aromatic heterocycles. The van der Waals surface area contributed by atoms with Crippen LogP contribution in [-0.4, -0.2) is 23.2 Å². The average Bonchev–Trinajstić information content (AvgIpc) is 2.16. The van der Waals surface area contributed by atoms with Crippen molar-refractivity contribution >= 4 is 10.5 Å². The lowest BCUT2D eigenvalue weighted by atomic mass is 9.97. The Morgan fingerprint density at radius 2 is 1.93 bits per heavy atom. The first-order valence-corrected chi connectivity index (χ1v) is 5.37. The van der Waals surface area contributed by atoms with Gasteiger partial charge in [0.05, 0.1) is 12.7 Å². The molecule has 3 heteroatoms. The Morgan fingerprint density at radius 3 is 2.47 bits per heavy atom. The van der Waals surface area contributed by atoms with Crippen molar-refractivity contribution in [2.45, 2.75) is 32.8 Å². The number of aryl methyl sites for hydroxylation is 1. The highest BCUT2D eigenvalue weighted by Crippen LogP contribution is 2.21. The molecule has 1 rings (SSSR count). The molecule has 0 amide bonds. The minimum atomic E-state index is -0.213. The molecule has 0 bridgehead atoms. The summed E-state index contributed by atoms with van der Waals surface area (Å²) in [6, 6.07) is 6.21. The highest BCUT2D eigenvalue weighted by molar-refractivity contribution is 5.98. The summed E-state index contributed by atoms with van der Waals surface area (Å²) in [6.45, 7) is 6.14. The smallest absolute Gasteiger partial charge is 0.246 e. The van der Waals surface area contributed by atoms with E-state index in [0.717, 1.165) is 12.2 Å². The maximum Gasteiger partial charge on any atom is 0.246 e. The molecule has 81 valence electrons. The Labute approximate surface area is 95.1 Å². The molecule has 0 spiro atoms. The van der Waals surface area contributed by atoms with Crippen molar-refractivity contribution in [3.8, 4) is 5.75 Å². The van der Waals surface area contributed by atoms with Crippen LogP contribution in [-0.2, 0) is 10.8 Å². The molecular weight excluding hydrogens is 204 g/mol. The zero-order valence-electron chi connectivity index (χ0n) is 9.76. The fourth-order valence-electron chi connectivity index (χ4n) is 1.57. The van der Waals surface area contributed by atoms with Gasteiger partial charge in [-0.05, 0) is 50.5 Å². The van der Waals surface area contributed by atoms with E-state index in [2.05, 4.69) is 23.5 Å². The van der Waals surface area contributed by atoms with Gasteiger partial charge in [0.15, 0.2) is 0 Å². The molecule has 0 aliphatic carbocycles. The monoisotopic (exact) mass is 221 g/mol. The summed E-state index contributed by atoms with van der Waals surface area (Å²) in [6.07, 6.45) is 0.842. The summed E-state index contributed by atoms with van der Waals surface area (Å²) in [5, 5.41) is 0. The lowest BCUT2D eigenvalue weighted by Gasteiger charge is -2.23. The summed E-state index contributed by atoms with van der Waals surface area (Å²) in [5.41, 5.74) is 2.21. The van der Waals surface area contributed by atoms with Gasteiger partial charge in [0, 0.05) is 0 Å². The van der Waals surface area contributed by atoms with Crippen LogP contribution in [0.15, 0.2) is 18.2 Å². The zero-order valence-corrected chi connectivity index (χ0v) is 10.8. The molecule has 0 fully saturated rings. The fraction of sp³-hybridized carbons (Fsp3) is 0.500. The van der Waals surface area contributed by atoms with E-state index in [9.17, 15) is 0 Å². The van der Waals surface area contributed by atoms with Crippen LogP contribution in [0.2, 0.25) is 0 Å². The third kappa shape index (κ3) is 3.68. The number of benzene rings is 1. The van der Waals surface area contributed by atoms with E-state index >= 15 is 0 Å². The molecule has 0 saturated heterocycles. The van der Waals surface area contributed by atoms with Crippen LogP contribution in [0.5, 0.6) is 5.75 Å². The molecule has 1 aromatic carbocycles. The number of hydrogen-bond acceptors (Lipinski definition) is 2. The third-order valence-corrected chi connectivity index (χ3v) is 2.81. The van der Waals surface area contributed by atoms with Gasteiger partial charge in [-0.1, -0.05) is 6.07 Å². The normalized spacial score (nSPS) is 11.5. The van der Waals surface area contributed by atoms with Gasteiger partial charge in [-0.3, -0.25) is 0 Å². The van der Waals surface area contributed by atoms with E-state index in [1.54, 1.807) is 7.11 Å². The van der Waals surface area contributed by atoms with Crippen molar-refractivity contribution in [1.29, 1.82) is 0 Å². The highest BCUT2D eigenvalue weighted by atomic mass is 28.2. The fourth-order valence-corrected chi connectivity index (χ4v) is 1.64. The molecule has 0 saturated carbocycles. The van der Waals surface area contributed by atoms with Crippen LogP contribution in [0.4, 0.5) is 0 Å². The van der Waals surface area contributed by atoms with Gasteiger partial charge in [0.2, 0.25) is 10.5 Å². The van der Waals surface area contributed by atoms with Gasteiger partial charge in [0.1, 0.15) is 5.75 Å². The average molecular weight is 221 g/mol. The van der Waals surface area contributed by atoms with Crippen LogP contribution in [0.3, 0.4) is 0 Å². The first-order valence-electron chi connectivity index (χ1n) is 4.96. The van der Waals surface area contributed by atoms with Crippen molar-refractivity contribution in [3.63, 3.8) is 0 Å². The Morgan fingerprint density at radius 1 is 1.27 bits per heavy atom. The van der Waals surface area contributed by atoms with E-state index in [4.69, 9.17) is 9.16 Å². The van der Waals surface area contributed by atoms with Gasteiger partial charge in [-0.2, -0.15) is 0 Å². The lowest BCUT2D eigenvalue weighted by Crippen LogP contribution is -2.26. The summed E-state index contributed by atoms with van der Waals surface area (Å²) in [4.78, 5) is 0. The second kappa shape index (κ2) is 4.81. The quantitative estimate of drug-likeness (QED) is 0.727. The molecule has 0 aliphatic rings. The number of methoxy groups -OCH3 is 1. The van der Waals surface area contributed by atoms with Crippen LogP contribution in [0.1, 0.15) is 25.0 Å². The minimum Gasteiger partial charge on any atom is -0.497 e. The molecule has 0 heterocycles. The standard InChI is InChI=1S/C12H17O2Si/c1-9-5-10(7-11(6-9)13-4)8-12(2,3)14-15/h5-7H,8H2,1-4H3. The molecule has 2 nitrogen and oxygen atoms in total. The lowest BCUT2D eigenvalue weighted by molar-refractivity contribution is 0.124. The Bertz CT molecular complexity index is 334. The largest absolute Gasteiger partial charge is 0.497 e. The van der Waals surface area contributed by atoms with Crippen molar-refractivity contribution < 1.29 is 9.16 Å². The van der Waals surface area contributed by atoms with Crippen LogP contribution in [0.25, 0.3) is 0 Å². The SMILES string of the molecule is COc1cc(C)cc(CC(C)(C)O[Si])c1. The first kappa shape index (κ1) is 12.3. The molecule has 0 N–H and O–H groups in total. The van der Waals surface area contributed by atoms with Crippen molar-refractivity contribution in [2.24, 2.45) is 0 Å². The third-order valence-electron chi connectivity index (χ3n) is 2.25. The molecular formula is C12H17O2Si. The zero-order chi connectivity index (χ0) is 11.5. The van der Waals surface area contributed by atoms with E-state index < -0.39 is 0 Å². The van der Waals surface area contributed by atoms with E-state index in [0.29, 0.717) is 0 Å². The topological polar surface area (TPSA) is 18.5 Å². The van der Waals surface area contributed by atoms with Gasteiger partial charge in [-0.25, -0.2) is 0 Å². The highest BCUT2D eigenvalue weighted by Gasteiger charge is 2.17. The van der Waals surface area contributed by atoms with Crippen molar-refractivity contribution in [3.05, 3.63) is 29.3 Å². The van der Waals surface area contributed by atoms with Gasteiger partial charge in [-0.15, -0.1) is 0 Å². The van der Waals surface area contributed by atoms with Crippen molar-refractivity contribution in [2.75, 3.05) is 7.11 Å². The molecule has 1 aromatic rings. The van der Waals surface area contributed by atoms with Crippen LogP contribution in [0, 0.1) is 6.92 Å². The first-order chi connectivity index (χ1) is 6.96. The summed E-state index contributed by atoms with van der Waals surface area (Å²) >= 11 is 0. The molecule has 0 atom stereocenters. The predicted molar refractivity (Wildman–Crippen MR) is 62.4 cm³/mol. The van der Waals surface area contributed by atoms with Crippen molar-refractivity contribution in [1.82, 2.24) is 0 Å². The second-order valence-electron chi connectivity index (χ2n) is 4.40. The maximum atomic E-state index is 5.23. The maximum absolute atomic E-state index is 5.23. The Balaban J connectivity index is 2.90. The van der Waals surface area contributed by atoms with Crippen LogP contribution < -0.4 is 4.74 Å². The number of hydrogen-bond donors (Lipinski definition) is 0. The minimum absolute atomic E-state index is 0.213. The summed E-state index contributed by atoms with van der Waals surface area (Å²) < 4.78 is 10.5. The number of rotatable bonds is 4. The van der Waals surface area contributed by atoms with Crippen LogP contribution >= 0.6 is 0 Å². The molecule has 15 heavy (non-hydrogen) atoms. The Hall–Kier alpha value is -0.803. The molecule has 0 unspecified atom stereocenters. The van der Waals surface area contributed by atoms with Gasteiger partial charge < -0.3 is 9.16 Å². The molecule has 3 radical (unpaired) electrons. The Kier molecular flexibility index (Phi) is 3.94. The van der Waals surface area contributed by atoms with E-state index in [-0.39, 0.29) is 5.60 Å². The van der Waals surface area contributed by atoms with Gasteiger partial charge in [0.25, 0.3) is 0 Å². The van der Waals surface area contributed by atoms with E-state index in [1.165, 1.54) is 11.1 Å². The van der Waals surface area contributed by atoms with E-state index in [1.807, 2.05) is 26.0 Å². The molecule has 0 aliphatic heterocycles. The summed E-state index contributed by atoms with van der Waals surface area (Å²) in [5.74, 6) is 0.898. The number of ether oxygens (including phenoxy) is 1. The predicted octanol–water partition coefficient (Wildman–Crippen LogP) is 2.42. The summed E-state index contributed by atoms with van der Waals surface area (Å²) in [7, 11) is 4.78. The van der Waals surface area contributed by atoms with Gasteiger partial charge >= 0.3 is 0 Å². The second-order valence-corrected chi connectivity index (χ2v) is 4.60.